The summed E-state index contributed by atoms with van der Waals surface area (Å²) in [5, 5.41) is 0. The van der Waals surface area contributed by atoms with E-state index in [-0.39, 0.29) is 19.5 Å². The van der Waals surface area contributed by atoms with Crippen LogP contribution in [0.3, 0.4) is 0 Å². The first kappa shape index (κ1) is 22.8. The van der Waals surface area contributed by atoms with Crippen LogP contribution in [0.25, 0.3) is 0 Å². The number of pyridine rings is 1. The summed E-state index contributed by atoms with van der Waals surface area (Å²) in [5.74, 6) is 0. The van der Waals surface area contributed by atoms with Gasteiger partial charge in [-0.1, -0.05) is 90.0 Å². The average Bonchev–Trinajstić information content (AvgIpc) is 2.56. The quantitative estimate of drug-likeness (QED) is 0.190. The molecule has 2 heteroatoms. The molecule has 1 aromatic heterocycles. The van der Waals surface area contributed by atoms with Gasteiger partial charge in [0.2, 0.25) is 0 Å². The van der Waals surface area contributed by atoms with Crippen LogP contribution in [0.5, 0.6) is 0 Å². The van der Waals surface area contributed by atoms with Crippen LogP contribution in [0.1, 0.15) is 96.8 Å². The molecule has 126 valence electrons. The van der Waals surface area contributed by atoms with Crippen LogP contribution in [-0.2, 0) is 26.0 Å². The Labute approximate surface area is 158 Å². The zero-order chi connectivity index (χ0) is 15.7. The minimum Gasteiger partial charge on any atom is -0.205 e. The fraction of sp³-hybridized carbons (Fsp3) is 0.762. The predicted molar refractivity (Wildman–Crippen MR) is 96.9 cm³/mol. The van der Waals surface area contributed by atoms with E-state index in [4.69, 9.17) is 0 Å². The molecule has 0 bridgehead atoms. The number of nitrogens with zero attached hydrogens (tertiary/aromatic N) is 1. The van der Waals surface area contributed by atoms with Crippen molar-refractivity contribution in [1.82, 2.24) is 0 Å². The molecule has 1 aromatic rings. The van der Waals surface area contributed by atoms with Crippen LogP contribution in [0.15, 0.2) is 30.6 Å². The maximum absolute atomic E-state index is 2.29. The smallest absolute Gasteiger partial charge is 0.205 e. The van der Waals surface area contributed by atoms with E-state index in [1.54, 1.807) is 0 Å². The van der Waals surface area contributed by atoms with E-state index in [0.717, 1.165) is 0 Å². The van der Waals surface area contributed by atoms with Crippen molar-refractivity contribution in [3.05, 3.63) is 30.6 Å². The second kappa shape index (κ2) is 18.1. The summed E-state index contributed by atoms with van der Waals surface area (Å²) >= 11 is 0. The molecule has 0 N–H and O–H groups in total. The van der Waals surface area contributed by atoms with Crippen LogP contribution in [0.4, 0.5) is 0 Å². The van der Waals surface area contributed by atoms with E-state index in [1.807, 2.05) is 0 Å². The molecule has 0 unspecified atom stereocenters. The topological polar surface area (TPSA) is 3.88 Å². The summed E-state index contributed by atoms with van der Waals surface area (Å²) in [6.07, 6.45) is 24.4. The van der Waals surface area contributed by atoms with Gasteiger partial charge < -0.3 is 0 Å². The third-order valence-electron chi connectivity index (χ3n) is 4.55. The van der Waals surface area contributed by atoms with Gasteiger partial charge in [0.15, 0.2) is 12.4 Å². The predicted octanol–water partition coefficient (Wildman–Crippen LogP) is 6.45. The molecule has 0 spiro atoms. The summed E-state index contributed by atoms with van der Waals surface area (Å²) < 4.78 is 2.29. The monoisotopic (exact) mass is 368 g/mol. The second-order valence-electron chi connectivity index (χ2n) is 6.71. The van der Waals surface area contributed by atoms with Gasteiger partial charge in [-0.2, -0.15) is 0 Å². The Balaban J connectivity index is 0.00000484. The number of hydrogen-bond acceptors (Lipinski definition) is 0. The molecular formula is C21H38NZn+3. The molecule has 0 aliphatic rings. The summed E-state index contributed by atoms with van der Waals surface area (Å²) in [6.45, 7) is 3.47. The summed E-state index contributed by atoms with van der Waals surface area (Å²) in [4.78, 5) is 0. The third kappa shape index (κ3) is 15.1. The third-order valence-corrected chi connectivity index (χ3v) is 4.55. The van der Waals surface area contributed by atoms with Crippen LogP contribution in [0, 0.1) is 0 Å². The zero-order valence-electron chi connectivity index (χ0n) is 15.6. The van der Waals surface area contributed by atoms with Crippen molar-refractivity contribution in [2.24, 2.45) is 0 Å². The van der Waals surface area contributed by atoms with Crippen molar-refractivity contribution >= 4 is 0 Å². The zero-order valence-corrected chi connectivity index (χ0v) is 18.6. The Bertz CT molecular complexity index is 326. The van der Waals surface area contributed by atoms with Crippen LogP contribution >= 0.6 is 0 Å². The molecule has 0 atom stereocenters. The van der Waals surface area contributed by atoms with Crippen molar-refractivity contribution in [1.29, 1.82) is 0 Å². The van der Waals surface area contributed by atoms with Gasteiger partial charge in [-0.15, -0.1) is 0 Å². The SMILES string of the molecule is CCCCCCCCCCCCCCCC[n+]1ccccc1.[Zn+2]. The molecule has 0 saturated carbocycles. The molecule has 0 saturated heterocycles. The number of aromatic nitrogens is 1. The Kier molecular flexibility index (Phi) is 17.9. The fourth-order valence-electron chi connectivity index (χ4n) is 3.07. The summed E-state index contributed by atoms with van der Waals surface area (Å²) in [5.41, 5.74) is 0. The first-order valence-corrected chi connectivity index (χ1v) is 9.87. The first-order chi connectivity index (χ1) is 10.9. The molecule has 0 fully saturated rings. The number of unbranched alkanes of at least 4 members (excludes halogenated alkanes) is 13. The molecule has 0 radical (unpaired) electrons. The molecule has 0 aromatic carbocycles. The maximum Gasteiger partial charge on any atom is 2.00 e. The van der Waals surface area contributed by atoms with Crippen molar-refractivity contribution in [2.75, 3.05) is 0 Å². The van der Waals surface area contributed by atoms with Crippen molar-refractivity contribution < 1.29 is 24.0 Å². The molecular weight excluding hydrogens is 332 g/mol. The van der Waals surface area contributed by atoms with Gasteiger partial charge in [0, 0.05) is 18.6 Å². The van der Waals surface area contributed by atoms with E-state index in [0.29, 0.717) is 0 Å². The molecule has 1 nitrogen and oxygen atoms in total. The van der Waals surface area contributed by atoms with E-state index in [2.05, 4.69) is 42.1 Å². The van der Waals surface area contributed by atoms with E-state index >= 15 is 0 Å². The molecule has 1 heterocycles. The van der Waals surface area contributed by atoms with Crippen molar-refractivity contribution in [2.45, 2.75) is 103 Å². The van der Waals surface area contributed by atoms with E-state index in [1.165, 1.54) is 96.4 Å². The van der Waals surface area contributed by atoms with Crippen LogP contribution in [0.2, 0.25) is 0 Å². The van der Waals surface area contributed by atoms with Gasteiger partial charge in [0.1, 0.15) is 6.54 Å². The average molecular weight is 370 g/mol. The van der Waals surface area contributed by atoms with Gasteiger partial charge in [-0.3, -0.25) is 0 Å². The Morgan fingerprint density at radius 1 is 0.522 bits per heavy atom. The van der Waals surface area contributed by atoms with Crippen molar-refractivity contribution in [3.63, 3.8) is 0 Å². The fourth-order valence-corrected chi connectivity index (χ4v) is 3.07. The largest absolute Gasteiger partial charge is 2.00 e. The number of aryl methyl sites for hydroxylation is 1. The van der Waals surface area contributed by atoms with Crippen LogP contribution < -0.4 is 4.57 Å². The van der Waals surface area contributed by atoms with E-state index in [9.17, 15) is 0 Å². The molecule has 0 aliphatic carbocycles. The van der Waals surface area contributed by atoms with Gasteiger partial charge in [0.25, 0.3) is 0 Å². The summed E-state index contributed by atoms with van der Waals surface area (Å²) in [6, 6.07) is 6.31. The Morgan fingerprint density at radius 3 is 1.35 bits per heavy atom. The number of hydrogen-bond donors (Lipinski definition) is 0. The normalized spacial score (nSPS) is 10.5. The van der Waals surface area contributed by atoms with Gasteiger partial charge in [0.05, 0.1) is 0 Å². The standard InChI is InChI=1S/C21H38N.Zn/c1-2-3-4-5-6-7-8-9-10-11-12-13-14-16-19-22-20-17-15-18-21-22;/h15,17-18,20-21H,2-14,16,19H2,1H3;/q+1;+2. The van der Waals surface area contributed by atoms with Gasteiger partial charge in [-0.25, -0.2) is 4.57 Å². The molecule has 23 heavy (non-hydrogen) atoms. The van der Waals surface area contributed by atoms with E-state index < -0.39 is 0 Å². The molecule has 0 amide bonds. The molecule has 0 aliphatic heterocycles. The van der Waals surface area contributed by atoms with Crippen molar-refractivity contribution in [3.8, 4) is 0 Å². The van der Waals surface area contributed by atoms with Crippen LogP contribution in [-0.4, -0.2) is 0 Å². The second-order valence-corrected chi connectivity index (χ2v) is 6.71. The molecule has 1 rings (SSSR count). The van der Waals surface area contributed by atoms with Gasteiger partial charge >= 0.3 is 19.5 Å². The number of rotatable bonds is 15. The minimum atomic E-state index is 0. The minimum absolute atomic E-state index is 0. The summed E-state index contributed by atoms with van der Waals surface area (Å²) in [7, 11) is 0. The first-order valence-electron chi connectivity index (χ1n) is 9.87. The Morgan fingerprint density at radius 2 is 0.913 bits per heavy atom. The Hall–Kier alpha value is -0.227. The maximum atomic E-state index is 2.29. The van der Waals surface area contributed by atoms with Gasteiger partial charge in [-0.05, 0) is 6.42 Å².